The summed E-state index contributed by atoms with van der Waals surface area (Å²) in [5.41, 5.74) is 0.265. The summed E-state index contributed by atoms with van der Waals surface area (Å²) in [4.78, 5) is 33.5. The monoisotopic (exact) mass is 568 g/mol. The lowest BCUT2D eigenvalue weighted by atomic mass is 10.1. The average molecular weight is 570 g/mol. The molecule has 2 aromatic rings. The van der Waals surface area contributed by atoms with Crippen molar-refractivity contribution < 1.29 is 24.2 Å². The summed E-state index contributed by atoms with van der Waals surface area (Å²) in [7, 11) is 1.74. The number of nitrogens with one attached hydrogen (secondary N) is 1. The fraction of sp³-hybridized carbons (Fsp3) is 0.542. The molecule has 0 radical (unpaired) electrons. The van der Waals surface area contributed by atoms with Gasteiger partial charge in [0.15, 0.2) is 0 Å². The summed E-state index contributed by atoms with van der Waals surface area (Å²) in [6.45, 7) is 6.48. The number of halogens is 1. The number of carbonyl (C=O) groups excluding carboxylic acids is 2. The van der Waals surface area contributed by atoms with Crippen LogP contribution in [0.25, 0.3) is 0 Å². The predicted octanol–water partition coefficient (Wildman–Crippen LogP) is 4.18. The summed E-state index contributed by atoms with van der Waals surface area (Å²) in [5, 5.41) is 15.6. The van der Waals surface area contributed by atoms with Crippen LogP contribution in [0.5, 0.6) is 0 Å². The number of aromatic nitrogens is 1. The van der Waals surface area contributed by atoms with Crippen LogP contribution in [0.1, 0.15) is 43.8 Å². The molecule has 2 heterocycles. The first-order valence-electron chi connectivity index (χ1n) is 11.5. The first-order valence-corrected chi connectivity index (χ1v) is 13.1. The van der Waals surface area contributed by atoms with Gasteiger partial charge in [0.2, 0.25) is 0 Å². The number of benzene rings is 1. The molecule has 0 spiro atoms. The number of rotatable bonds is 8. The molecular formula is C24H33BrN4O5S. The maximum Gasteiger partial charge on any atom is 0.410 e. The van der Waals surface area contributed by atoms with E-state index in [1.54, 1.807) is 32.7 Å². The highest BCUT2D eigenvalue weighted by Crippen LogP contribution is 2.33. The number of likely N-dealkylation sites (N-methyl/N-ethyl adjacent to an activating group) is 1. The second-order valence-electron chi connectivity index (χ2n) is 9.48. The first kappa shape index (κ1) is 27.4. The van der Waals surface area contributed by atoms with Crippen LogP contribution in [-0.4, -0.2) is 76.5 Å². The summed E-state index contributed by atoms with van der Waals surface area (Å²) in [5.74, 6) is 0. The van der Waals surface area contributed by atoms with E-state index >= 15 is 0 Å². The van der Waals surface area contributed by atoms with Crippen LogP contribution in [0.2, 0.25) is 0 Å². The number of nitrogens with zero attached hydrogens (tertiary/aromatic N) is 3. The standard InChI is InChI=1S/C24H33BrN4O5S/c1-24(2,3)34-22(31)26-18(13-30)20(21-27-19(25)15-35-21)29-11-10-17(12-29)28(4)23(32)33-14-16-8-6-5-7-9-16/h5-9,15,17-18,20,30H,10-14H2,1-4H3,(H,26,31)/t17-,18+,20-/m0/s1. The number of likely N-dealkylation sites (tertiary alicyclic amines) is 1. The fourth-order valence-corrected chi connectivity index (χ4v) is 5.44. The lowest BCUT2D eigenvalue weighted by molar-refractivity contribution is 0.0417. The second kappa shape index (κ2) is 12.2. The maximum absolute atomic E-state index is 12.7. The van der Waals surface area contributed by atoms with Crippen LogP contribution in [0, 0.1) is 0 Å². The molecule has 0 bridgehead atoms. The van der Waals surface area contributed by atoms with Gasteiger partial charge in [0.05, 0.1) is 18.7 Å². The van der Waals surface area contributed by atoms with Crippen LogP contribution >= 0.6 is 27.3 Å². The molecule has 3 rings (SSSR count). The Morgan fingerprint density at radius 3 is 2.66 bits per heavy atom. The van der Waals surface area contributed by atoms with Crippen molar-refractivity contribution in [2.45, 2.75) is 57.5 Å². The molecule has 1 aromatic carbocycles. The lowest BCUT2D eigenvalue weighted by Crippen LogP contribution is -2.49. The topological polar surface area (TPSA) is 104 Å². The molecule has 0 saturated carbocycles. The quantitative estimate of drug-likeness (QED) is 0.492. The van der Waals surface area contributed by atoms with E-state index in [2.05, 4.69) is 31.1 Å². The minimum atomic E-state index is -0.661. The third-order valence-electron chi connectivity index (χ3n) is 5.66. The van der Waals surface area contributed by atoms with Crippen LogP contribution in [0.4, 0.5) is 9.59 Å². The van der Waals surface area contributed by atoms with E-state index in [-0.39, 0.29) is 31.4 Å². The van der Waals surface area contributed by atoms with Gasteiger partial charge in [-0.1, -0.05) is 30.3 Å². The van der Waals surface area contributed by atoms with Crippen LogP contribution in [-0.2, 0) is 16.1 Å². The molecule has 1 aromatic heterocycles. The minimum Gasteiger partial charge on any atom is -0.445 e. The average Bonchev–Trinajstić information content (AvgIpc) is 3.45. The SMILES string of the molecule is CN(C(=O)OCc1ccccc1)[C@H]1CCN([C@H](c2nc(Br)cs2)[C@@H](CO)NC(=O)OC(C)(C)C)C1. The van der Waals surface area contributed by atoms with Crippen molar-refractivity contribution >= 4 is 39.5 Å². The molecule has 1 aliphatic heterocycles. The molecule has 1 fully saturated rings. The van der Waals surface area contributed by atoms with Gasteiger partial charge in [-0.3, -0.25) is 4.90 Å². The Bertz CT molecular complexity index is 984. The van der Waals surface area contributed by atoms with Gasteiger partial charge < -0.3 is 24.8 Å². The molecule has 1 aliphatic rings. The number of aliphatic hydroxyl groups excluding tert-OH is 1. The number of carbonyl (C=O) groups is 2. The van der Waals surface area contributed by atoms with Gasteiger partial charge in [-0.2, -0.15) is 0 Å². The molecule has 0 unspecified atom stereocenters. The Morgan fingerprint density at radius 1 is 1.34 bits per heavy atom. The fourth-order valence-electron chi connectivity index (χ4n) is 3.98. The summed E-state index contributed by atoms with van der Waals surface area (Å²) < 4.78 is 11.6. The second-order valence-corrected chi connectivity index (χ2v) is 11.2. The van der Waals surface area contributed by atoms with Crippen molar-refractivity contribution in [1.82, 2.24) is 20.1 Å². The highest BCUT2D eigenvalue weighted by molar-refractivity contribution is 9.10. The van der Waals surface area contributed by atoms with E-state index in [1.807, 2.05) is 35.7 Å². The zero-order valence-electron chi connectivity index (χ0n) is 20.4. The van der Waals surface area contributed by atoms with Crippen molar-refractivity contribution in [3.63, 3.8) is 0 Å². The summed E-state index contributed by atoms with van der Waals surface area (Å²) in [6, 6.07) is 8.44. The zero-order valence-corrected chi connectivity index (χ0v) is 22.8. The Hall–Kier alpha value is -2.21. The normalized spacial score (nSPS) is 18.1. The Balaban J connectivity index is 1.68. The molecule has 0 aliphatic carbocycles. The van der Waals surface area contributed by atoms with E-state index < -0.39 is 17.7 Å². The van der Waals surface area contributed by atoms with Gasteiger partial charge in [0.1, 0.15) is 21.8 Å². The maximum atomic E-state index is 12.7. The van der Waals surface area contributed by atoms with E-state index in [4.69, 9.17) is 9.47 Å². The highest BCUT2D eigenvalue weighted by Gasteiger charge is 2.39. The molecule has 1 saturated heterocycles. The number of aliphatic hydroxyl groups is 1. The molecule has 3 atom stereocenters. The van der Waals surface area contributed by atoms with E-state index in [0.29, 0.717) is 17.7 Å². The molecule has 9 nitrogen and oxygen atoms in total. The molecular weight excluding hydrogens is 536 g/mol. The number of alkyl carbamates (subject to hydrolysis) is 1. The largest absolute Gasteiger partial charge is 0.445 e. The van der Waals surface area contributed by atoms with Crippen molar-refractivity contribution in [3.05, 3.63) is 50.9 Å². The van der Waals surface area contributed by atoms with Gasteiger partial charge in [-0.05, 0) is 48.7 Å². The van der Waals surface area contributed by atoms with Crippen LogP contribution < -0.4 is 5.32 Å². The van der Waals surface area contributed by atoms with Gasteiger partial charge in [-0.25, -0.2) is 14.6 Å². The van der Waals surface area contributed by atoms with Gasteiger partial charge in [0, 0.05) is 31.6 Å². The highest BCUT2D eigenvalue weighted by atomic mass is 79.9. The third kappa shape index (κ3) is 7.89. The first-order chi connectivity index (χ1) is 16.6. The third-order valence-corrected chi connectivity index (χ3v) is 7.28. The van der Waals surface area contributed by atoms with Crippen molar-refractivity contribution in [3.8, 4) is 0 Å². The zero-order chi connectivity index (χ0) is 25.6. The molecule has 2 N–H and O–H groups in total. The van der Waals surface area contributed by atoms with Gasteiger partial charge >= 0.3 is 12.2 Å². The number of hydrogen-bond acceptors (Lipinski definition) is 8. The van der Waals surface area contributed by atoms with Crippen molar-refractivity contribution in [1.29, 1.82) is 0 Å². The molecule has 35 heavy (non-hydrogen) atoms. The predicted molar refractivity (Wildman–Crippen MR) is 137 cm³/mol. The number of hydrogen-bond donors (Lipinski definition) is 2. The Kier molecular flexibility index (Phi) is 9.51. The van der Waals surface area contributed by atoms with Gasteiger partial charge in [-0.15, -0.1) is 11.3 Å². The van der Waals surface area contributed by atoms with Crippen LogP contribution in [0.15, 0.2) is 40.3 Å². The Labute approximate surface area is 218 Å². The number of ether oxygens (including phenoxy) is 2. The summed E-state index contributed by atoms with van der Waals surface area (Å²) in [6.07, 6.45) is -0.265. The van der Waals surface area contributed by atoms with E-state index in [0.717, 1.165) is 17.0 Å². The van der Waals surface area contributed by atoms with Crippen molar-refractivity contribution in [2.75, 3.05) is 26.7 Å². The van der Waals surface area contributed by atoms with Gasteiger partial charge in [0.25, 0.3) is 0 Å². The lowest BCUT2D eigenvalue weighted by Gasteiger charge is -2.34. The minimum absolute atomic E-state index is 0.0787. The Morgan fingerprint density at radius 2 is 2.06 bits per heavy atom. The van der Waals surface area contributed by atoms with Crippen molar-refractivity contribution in [2.24, 2.45) is 0 Å². The smallest absolute Gasteiger partial charge is 0.410 e. The van der Waals surface area contributed by atoms with Crippen LogP contribution in [0.3, 0.4) is 0 Å². The molecule has 11 heteroatoms. The molecule has 192 valence electrons. The summed E-state index contributed by atoms with van der Waals surface area (Å²) >= 11 is 4.84. The number of thiazole rings is 1. The van der Waals surface area contributed by atoms with E-state index in [9.17, 15) is 14.7 Å². The molecule has 2 amide bonds. The van der Waals surface area contributed by atoms with E-state index in [1.165, 1.54) is 11.3 Å². The number of amides is 2.